The summed E-state index contributed by atoms with van der Waals surface area (Å²) in [5.41, 5.74) is 0. The number of piperidine rings is 1. The van der Waals surface area contributed by atoms with Gasteiger partial charge in [-0.25, -0.2) is 0 Å². The van der Waals surface area contributed by atoms with Crippen LogP contribution in [0.3, 0.4) is 0 Å². The van der Waals surface area contributed by atoms with Gasteiger partial charge in [-0.05, 0) is 0 Å². The molecule has 1 radical (unpaired) electrons. The monoisotopic (exact) mass is 228 g/mol. The molecule has 0 unspecified atom stereocenters. The Morgan fingerprint density at radius 2 is 1.07 bits per heavy atom. The van der Waals surface area contributed by atoms with Crippen molar-refractivity contribution in [2.24, 2.45) is 0 Å². The molecule has 0 aromatic rings. The number of rotatable bonds is 0. The molecule has 0 aliphatic carbocycles. The van der Waals surface area contributed by atoms with Gasteiger partial charge in [0.05, 0.1) is 0 Å². The molecule has 1 rings (SSSR count). The minimum absolute atomic E-state index is 0. The molecule has 1 aliphatic heterocycles. The second-order valence-corrected chi connectivity index (χ2v) is 2.51. The van der Waals surface area contributed by atoms with Crippen LogP contribution in [0.25, 0.3) is 0 Å². The normalized spacial score (nSPS) is 26.5. The number of carbonyl (C=O) groups is 2. The van der Waals surface area contributed by atoms with Gasteiger partial charge < -0.3 is 0 Å². The summed E-state index contributed by atoms with van der Waals surface area (Å²) in [6.45, 7) is 0. The molecule has 2 amide bonds. The number of carbonyl (C=O) groups excluding carboxylic acids is 2. The molecule has 81 valence electrons. The minimum Gasteiger partial charge on any atom is -0.285 e. The summed E-state index contributed by atoms with van der Waals surface area (Å²) >= 11 is 0. The summed E-state index contributed by atoms with van der Waals surface area (Å²) in [6, 6.07) is 0. The third kappa shape index (κ3) is 1.54. The Morgan fingerprint density at radius 3 is 1.33 bits per heavy atom. The Hall–Kier alpha value is -0.683. The average Bonchev–Trinajstić information content (AvgIpc) is 2.01. The number of hydrogen-bond donors (Lipinski definition) is 1. The van der Waals surface area contributed by atoms with Gasteiger partial charge >= 0.3 is 29.6 Å². The summed E-state index contributed by atoms with van der Waals surface area (Å²) in [7, 11) is 0. The van der Waals surface area contributed by atoms with Gasteiger partial charge in [-0.1, -0.05) is 0 Å². The van der Waals surface area contributed by atoms with Gasteiger partial charge in [0.15, 0.2) is 0 Å². The zero-order valence-corrected chi connectivity index (χ0v) is 7.08. The molecule has 15 heavy (non-hydrogen) atoms. The fourth-order valence-electron chi connectivity index (χ4n) is 0.742. The van der Waals surface area contributed by atoms with Crippen LogP contribution in [-0.2, 0) is 9.59 Å². The maximum atomic E-state index is 12.3. The van der Waals surface area contributed by atoms with Gasteiger partial charge in [0.1, 0.15) is 0 Å². The van der Waals surface area contributed by atoms with E-state index in [0.717, 1.165) is 0 Å². The van der Waals surface area contributed by atoms with Crippen LogP contribution in [0, 0.1) is 0 Å². The zero-order valence-electron chi connectivity index (χ0n) is 7.08. The van der Waals surface area contributed by atoms with Crippen molar-refractivity contribution in [1.29, 1.82) is 0 Å². The van der Waals surface area contributed by atoms with E-state index in [9.17, 15) is 35.9 Å². The third-order valence-electron chi connectivity index (χ3n) is 1.59. The molecule has 0 atom stereocenters. The largest absolute Gasteiger partial charge is 0.393 e. The van der Waals surface area contributed by atoms with Crippen LogP contribution in [0.2, 0.25) is 0 Å². The van der Waals surface area contributed by atoms with Crippen molar-refractivity contribution in [3.63, 3.8) is 0 Å². The number of imide groups is 1. The molecule has 0 spiro atoms. The zero-order chi connectivity index (χ0) is 11.4. The Balaban J connectivity index is 0.00000196. The van der Waals surface area contributed by atoms with E-state index in [1.807, 2.05) is 0 Å². The Morgan fingerprint density at radius 1 is 0.800 bits per heavy atom. The smallest absolute Gasteiger partial charge is 0.285 e. The molecule has 1 aliphatic rings. The van der Waals surface area contributed by atoms with E-state index in [2.05, 4.69) is 0 Å². The molecule has 1 N–H and O–H groups in total. The standard InChI is InChI=1S/C5HF6NO2.Li/c6-3(7)1(13)12-2(14)4(8,9)5(3,10)11;/h(H,12,13,14);. The fourth-order valence-corrected chi connectivity index (χ4v) is 0.742. The van der Waals surface area contributed by atoms with Gasteiger partial charge in [0.2, 0.25) is 0 Å². The maximum Gasteiger partial charge on any atom is 0.393 e. The summed E-state index contributed by atoms with van der Waals surface area (Å²) in [6.07, 6.45) is 0. The SMILES string of the molecule is O=C1NC(=O)C(F)(F)C(F)(F)C1(F)F.[Li]. The first kappa shape index (κ1) is 14.3. The molecule has 1 heterocycles. The van der Waals surface area contributed by atoms with Gasteiger partial charge in [-0.3, -0.25) is 14.9 Å². The van der Waals surface area contributed by atoms with Gasteiger partial charge in [0.25, 0.3) is 0 Å². The summed E-state index contributed by atoms with van der Waals surface area (Å²) < 4.78 is 73.6. The molecule has 1 fully saturated rings. The molecular formula is C5HF6LiNO2. The number of nitrogens with one attached hydrogen (secondary N) is 1. The number of halogens is 6. The molecule has 0 bridgehead atoms. The van der Waals surface area contributed by atoms with E-state index in [1.54, 1.807) is 0 Å². The van der Waals surface area contributed by atoms with E-state index in [-0.39, 0.29) is 18.9 Å². The van der Waals surface area contributed by atoms with E-state index in [1.165, 1.54) is 0 Å². The van der Waals surface area contributed by atoms with Crippen molar-refractivity contribution < 1.29 is 35.9 Å². The van der Waals surface area contributed by atoms with Crippen LogP contribution in [0.5, 0.6) is 0 Å². The van der Waals surface area contributed by atoms with Crippen molar-refractivity contribution in [2.45, 2.75) is 17.8 Å². The molecule has 0 aromatic heterocycles. The fraction of sp³-hybridized carbons (Fsp3) is 0.600. The van der Waals surface area contributed by atoms with Crippen molar-refractivity contribution >= 4 is 30.7 Å². The molecule has 0 aromatic carbocycles. The topological polar surface area (TPSA) is 46.2 Å². The minimum atomic E-state index is -6.01. The first-order valence-corrected chi connectivity index (χ1v) is 3.04. The number of hydrogen-bond acceptors (Lipinski definition) is 2. The summed E-state index contributed by atoms with van der Waals surface area (Å²) in [4.78, 5) is 20.3. The first-order valence-electron chi connectivity index (χ1n) is 3.04. The maximum absolute atomic E-state index is 12.3. The molecule has 0 saturated carbocycles. The number of amides is 2. The Bertz CT molecular complexity index is 289. The van der Waals surface area contributed by atoms with Crippen molar-refractivity contribution in [3.8, 4) is 0 Å². The average molecular weight is 228 g/mol. The van der Waals surface area contributed by atoms with Crippen LogP contribution in [-0.4, -0.2) is 48.4 Å². The predicted molar refractivity (Wildman–Crippen MR) is 33.7 cm³/mol. The van der Waals surface area contributed by atoms with Crippen LogP contribution in [0.4, 0.5) is 26.3 Å². The first-order chi connectivity index (χ1) is 6.05. The number of alkyl halides is 6. The van der Waals surface area contributed by atoms with E-state index < -0.39 is 29.6 Å². The quantitative estimate of drug-likeness (QED) is 0.365. The molecular weight excluding hydrogens is 227 g/mol. The third-order valence-corrected chi connectivity index (χ3v) is 1.59. The van der Waals surface area contributed by atoms with Crippen molar-refractivity contribution in [3.05, 3.63) is 0 Å². The molecule has 3 nitrogen and oxygen atoms in total. The Kier molecular flexibility index (Phi) is 3.26. The second-order valence-electron chi connectivity index (χ2n) is 2.51. The van der Waals surface area contributed by atoms with Crippen molar-refractivity contribution in [2.75, 3.05) is 0 Å². The summed E-state index contributed by atoms with van der Waals surface area (Å²) in [5, 5.41) is 0.458. The van der Waals surface area contributed by atoms with Crippen LogP contribution < -0.4 is 5.32 Å². The summed E-state index contributed by atoms with van der Waals surface area (Å²) in [5.74, 6) is -22.7. The van der Waals surface area contributed by atoms with Crippen LogP contribution >= 0.6 is 0 Å². The van der Waals surface area contributed by atoms with E-state index in [0.29, 0.717) is 5.32 Å². The second kappa shape index (κ2) is 3.42. The van der Waals surface area contributed by atoms with Gasteiger partial charge in [-0.15, -0.1) is 0 Å². The van der Waals surface area contributed by atoms with Crippen LogP contribution in [0.1, 0.15) is 0 Å². The van der Waals surface area contributed by atoms with Crippen molar-refractivity contribution in [1.82, 2.24) is 5.32 Å². The van der Waals surface area contributed by atoms with Gasteiger partial charge in [0, 0.05) is 18.9 Å². The molecule has 10 heteroatoms. The Labute approximate surface area is 90.4 Å². The van der Waals surface area contributed by atoms with E-state index >= 15 is 0 Å². The predicted octanol–water partition coefficient (Wildman–Crippen LogP) is 0.168. The van der Waals surface area contributed by atoms with Crippen LogP contribution in [0.15, 0.2) is 0 Å². The van der Waals surface area contributed by atoms with Gasteiger partial charge in [-0.2, -0.15) is 26.3 Å². The molecule has 1 saturated heterocycles. The van der Waals surface area contributed by atoms with E-state index in [4.69, 9.17) is 0 Å².